The van der Waals surface area contributed by atoms with Crippen LogP contribution in [0, 0.1) is 0 Å². The molecule has 1 heterocycles. The molecule has 9 aromatic rings. The van der Waals surface area contributed by atoms with Crippen molar-refractivity contribution in [3.63, 3.8) is 0 Å². The maximum Gasteiger partial charge on any atom is 0.534 e. The first-order chi connectivity index (χ1) is 28.6. The minimum absolute atomic E-state index is 0.441. The molecule has 0 aliphatic heterocycles. The lowest BCUT2D eigenvalue weighted by Gasteiger charge is -2.30. The molecule has 2 aliphatic rings. The third-order valence-electron chi connectivity index (χ3n) is 11.6. The minimum atomic E-state index is -5.97. The molecule has 11 rings (SSSR count). The highest BCUT2D eigenvalue weighted by Gasteiger charge is 2.51. The zero-order chi connectivity index (χ0) is 40.1. The molecule has 1 aromatic heterocycles. The van der Waals surface area contributed by atoms with Crippen LogP contribution in [0.15, 0.2) is 182 Å². The normalized spacial score (nSPS) is 13.6. The zero-order valence-electron chi connectivity index (χ0n) is 30.9. The van der Waals surface area contributed by atoms with Crippen molar-refractivity contribution in [1.82, 2.24) is 0 Å². The number of hydrogen-bond donors (Lipinski definition) is 0. The molecule has 0 bridgehead atoms. The number of fused-ring (bicyclic) bond motifs is 13. The molecule has 286 valence electrons. The summed E-state index contributed by atoms with van der Waals surface area (Å²) < 4.78 is 72.7. The van der Waals surface area contributed by atoms with Gasteiger partial charge in [-0.05, 0) is 104 Å². The van der Waals surface area contributed by atoms with Crippen LogP contribution in [0.2, 0.25) is 0 Å². The van der Waals surface area contributed by atoms with Crippen molar-refractivity contribution in [3.05, 3.63) is 204 Å². The molecule has 0 N–H and O–H groups in total. The van der Waals surface area contributed by atoms with Gasteiger partial charge in [0, 0.05) is 32.9 Å². The van der Waals surface area contributed by atoms with E-state index in [-0.39, 0.29) is 0 Å². The number of rotatable bonds is 6. The highest BCUT2D eigenvalue weighted by molar-refractivity contribution is 7.88. The van der Waals surface area contributed by atoms with Gasteiger partial charge in [-0.3, -0.25) is 0 Å². The summed E-state index contributed by atoms with van der Waals surface area (Å²) in [5.41, 5.74) is 7.46. The molecule has 0 amide bonds. The highest BCUT2D eigenvalue weighted by atomic mass is 32.2. The van der Waals surface area contributed by atoms with Gasteiger partial charge >= 0.3 is 15.6 Å². The van der Waals surface area contributed by atoms with E-state index in [0.29, 0.717) is 11.1 Å². The number of para-hydroxylation sites is 2. The molecule has 59 heavy (non-hydrogen) atoms. The predicted molar refractivity (Wildman–Crippen MR) is 231 cm³/mol. The topological polar surface area (TPSA) is 46.6 Å². The van der Waals surface area contributed by atoms with E-state index in [4.69, 9.17) is 4.18 Å². The first-order valence-corrected chi connectivity index (χ1v) is 21.2. The van der Waals surface area contributed by atoms with Gasteiger partial charge in [0.25, 0.3) is 0 Å². The van der Waals surface area contributed by atoms with Crippen molar-refractivity contribution >= 4 is 58.7 Å². The molecule has 0 saturated carbocycles. The van der Waals surface area contributed by atoms with Crippen LogP contribution in [0.25, 0.3) is 53.6 Å². The number of nitrogens with zero attached hydrogens (tertiary/aromatic N) is 1. The van der Waals surface area contributed by atoms with Gasteiger partial charge in [0.05, 0.1) is 15.8 Å². The Morgan fingerprint density at radius 2 is 1.00 bits per heavy atom. The largest absolute Gasteiger partial charge is 0.534 e. The Labute approximate surface area is 342 Å². The maximum atomic E-state index is 13.8. The fraction of sp³-hybridized carbons (Fsp3) is 0.0400. The fourth-order valence-electron chi connectivity index (χ4n) is 9.26. The summed E-state index contributed by atoms with van der Waals surface area (Å²) in [4.78, 5) is 1.90. The van der Waals surface area contributed by atoms with Crippen LogP contribution >= 0.6 is 11.3 Å². The molecule has 4 nitrogen and oxygen atoms in total. The third kappa shape index (κ3) is 5.24. The van der Waals surface area contributed by atoms with Crippen molar-refractivity contribution in [2.75, 3.05) is 4.90 Å². The van der Waals surface area contributed by atoms with E-state index in [9.17, 15) is 21.6 Å². The summed E-state index contributed by atoms with van der Waals surface area (Å²) in [5.74, 6) is -0.441. The smallest absolute Gasteiger partial charge is 0.376 e. The van der Waals surface area contributed by atoms with E-state index in [1.54, 1.807) is 0 Å². The number of halogens is 3. The Kier molecular flexibility index (Phi) is 7.76. The molecular weight excluding hydrogens is 784 g/mol. The molecule has 0 fully saturated rings. The van der Waals surface area contributed by atoms with Crippen LogP contribution in [0.3, 0.4) is 0 Å². The molecular formula is C50H30F3NO3S2. The van der Waals surface area contributed by atoms with Gasteiger partial charge in [0.1, 0.15) is 5.75 Å². The molecule has 1 spiro atoms. The van der Waals surface area contributed by atoms with Gasteiger partial charge < -0.3 is 9.08 Å². The monoisotopic (exact) mass is 813 g/mol. The van der Waals surface area contributed by atoms with Gasteiger partial charge in [0.15, 0.2) is 0 Å². The van der Waals surface area contributed by atoms with Gasteiger partial charge in [-0.15, -0.1) is 11.3 Å². The summed E-state index contributed by atoms with van der Waals surface area (Å²) in [7, 11) is -5.97. The summed E-state index contributed by atoms with van der Waals surface area (Å²) >= 11 is 1.48. The van der Waals surface area contributed by atoms with Crippen molar-refractivity contribution in [2.45, 2.75) is 10.9 Å². The lowest BCUT2D eigenvalue weighted by molar-refractivity contribution is -0.0500. The van der Waals surface area contributed by atoms with E-state index in [1.165, 1.54) is 56.9 Å². The number of alkyl halides is 3. The van der Waals surface area contributed by atoms with Crippen molar-refractivity contribution in [2.24, 2.45) is 0 Å². The zero-order valence-corrected chi connectivity index (χ0v) is 32.6. The first-order valence-electron chi connectivity index (χ1n) is 19.0. The van der Waals surface area contributed by atoms with Crippen LogP contribution in [0.1, 0.15) is 22.3 Å². The fourth-order valence-corrected chi connectivity index (χ4v) is 10.9. The van der Waals surface area contributed by atoms with Crippen molar-refractivity contribution < 1.29 is 25.8 Å². The van der Waals surface area contributed by atoms with Crippen LogP contribution in [0.4, 0.5) is 30.2 Å². The van der Waals surface area contributed by atoms with Crippen molar-refractivity contribution in [3.8, 4) is 39.1 Å². The average molecular weight is 814 g/mol. The van der Waals surface area contributed by atoms with Crippen LogP contribution in [-0.4, -0.2) is 13.9 Å². The lowest BCUT2D eigenvalue weighted by Crippen LogP contribution is -2.28. The van der Waals surface area contributed by atoms with Crippen LogP contribution < -0.4 is 9.08 Å². The Balaban J connectivity index is 1.12. The number of anilines is 3. The maximum absolute atomic E-state index is 13.8. The van der Waals surface area contributed by atoms with Crippen LogP contribution in [-0.2, 0) is 15.5 Å². The standard InChI is InChI=1S/C50H30F3NO3S2/c51-50(52,53)59(55,56)57-35-29-41-40-28-32(24-26-47(40)58-48(41)46(30-35)54(33-13-3-1-4-14-33)34-15-5-2-6-16-34)31-23-25-45-39(27-31)38-19-9-12-22-44(38)49(45)42-20-10-7-17-36(42)37-18-8-11-21-43(37)49/h1-30H. The van der Waals surface area contributed by atoms with E-state index in [0.717, 1.165) is 48.4 Å². The second-order valence-electron chi connectivity index (χ2n) is 14.8. The molecule has 0 radical (unpaired) electrons. The first kappa shape index (κ1) is 35.5. The summed E-state index contributed by atoms with van der Waals surface area (Å²) in [6, 6.07) is 60.2. The average Bonchev–Trinajstić information content (AvgIpc) is 3.88. The van der Waals surface area contributed by atoms with E-state index >= 15 is 0 Å². The highest BCUT2D eigenvalue weighted by Crippen LogP contribution is 2.63. The Hall–Kier alpha value is -6.68. The third-order valence-corrected chi connectivity index (χ3v) is 13.8. The molecule has 8 aromatic carbocycles. The summed E-state index contributed by atoms with van der Waals surface area (Å²) in [6.07, 6.45) is 0. The van der Waals surface area contributed by atoms with Gasteiger partial charge in [-0.25, -0.2) is 0 Å². The van der Waals surface area contributed by atoms with E-state index in [2.05, 4.69) is 97.1 Å². The molecule has 0 atom stereocenters. The second-order valence-corrected chi connectivity index (χ2v) is 17.4. The second kappa shape index (κ2) is 12.9. The van der Waals surface area contributed by atoms with E-state index < -0.39 is 26.8 Å². The molecule has 2 aliphatic carbocycles. The van der Waals surface area contributed by atoms with Gasteiger partial charge in [0.2, 0.25) is 0 Å². The summed E-state index contributed by atoms with van der Waals surface area (Å²) in [6.45, 7) is 0. The minimum Gasteiger partial charge on any atom is -0.376 e. The Morgan fingerprint density at radius 1 is 0.508 bits per heavy atom. The Morgan fingerprint density at radius 3 is 1.58 bits per heavy atom. The quantitative estimate of drug-likeness (QED) is 0.124. The Bertz CT molecular complexity index is 3190. The molecule has 0 unspecified atom stereocenters. The van der Waals surface area contributed by atoms with E-state index in [1.807, 2.05) is 77.7 Å². The summed E-state index contributed by atoms with van der Waals surface area (Å²) in [5, 5.41) is 1.33. The number of hydrogen-bond acceptors (Lipinski definition) is 5. The SMILES string of the molecule is O=S(=O)(Oc1cc(N(c2ccccc2)c2ccccc2)c2sc3ccc(-c4ccc5c(c4)-c4ccccc4C54c5ccccc5-c5ccccc54)cc3c2c1)C(F)(F)F. The number of benzene rings is 8. The predicted octanol–water partition coefficient (Wildman–Crippen LogP) is 13.8. The van der Waals surface area contributed by atoms with Crippen LogP contribution in [0.5, 0.6) is 5.75 Å². The van der Waals surface area contributed by atoms with Gasteiger partial charge in [-0.2, -0.15) is 21.6 Å². The van der Waals surface area contributed by atoms with Crippen molar-refractivity contribution in [1.29, 1.82) is 0 Å². The lowest BCUT2D eigenvalue weighted by atomic mass is 9.70. The number of thiophene rings is 1. The van der Waals surface area contributed by atoms with Gasteiger partial charge in [-0.1, -0.05) is 127 Å². The molecule has 0 saturated heterocycles. The molecule has 9 heteroatoms.